The van der Waals surface area contributed by atoms with Gasteiger partial charge in [0, 0.05) is 28.8 Å². The number of anilines is 1. The van der Waals surface area contributed by atoms with Gasteiger partial charge in [-0.15, -0.1) is 0 Å². The maximum Gasteiger partial charge on any atom is 0.261 e. The highest BCUT2D eigenvalue weighted by Gasteiger charge is 2.18. The summed E-state index contributed by atoms with van der Waals surface area (Å²) in [7, 11) is -2.11. The van der Waals surface area contributed by atoms with E-state index >= 15 is 0 Å². The molecular weight excluding hydrogens is 362 g/mol. The lowest BCUT2D eigenvalue weighted by molar-refractivity contribution is 0.414. The van der Waals surface area contributed by atoms with Crippen molar-refractivity contribution in [3.05, 3.63) is 54.2 Å². The molecule has 1 atom stereocenters. The summed E-state index contributed by atoms with van der Waals surface area (Å²) in [5.74, 6) is 0.618. The van der Waals surface area contributed by atoms with Gasteiger partial charge < -0.3 is 15.0 Å². The van der Waals surface area contributed by atoms with Crippen LogP contribution in [0.3, 0.4) is 0 Å². The Kier molecular flexibility index (Phi) is 4.80. The zero-order chi connectivity index (χ0) is 18.9. The second kappa shape index (κ2) is 7.25. The largest absolute Gasteiger partial charge is 0.497 e. The van der Waals surface area contributed by atoms with Crippen molar-refractivity contribution in [2.75, 3.05) is 18.4 Å². The van der Waals surface area contributed by atoms with E-state index in [1.165, 1.54) is 30.5 Å². The minimum atomic E-state index is -3.65. The van der Waals surface area contributed by atoms with E-state index < -0.39 is 10.0 Å². The van der Waals surface area contributed by atoms with Crippen molar-refractivity contribution in [1.29, 1.82) is 0 Å². The van der Waals surface area contributed by atoms with Gasteiger partial charge in [0.1, 0.15) is 5.75 Å². The predicted molar refractivity (Wildman–Crippen MR) is 107 cm³/mol. The minimum absolute atomic E-state index is 0.202. The Hall–Kier alpha value is -2.51. The van der Waals surface area contributed by atoms with Gasteiger partial charge in [0.05, 0.1) is 12.0 Å². The molecule has 0 saturated carbocycles. The molecule has 0 aliphatic carbocycles. The van der Waals surface area contributed by atoms with Crippen LogP contribution in [0.4, 0.5) is 5.69 Å². The van der Waals surface area contributed by atoms with Crippen molar-refractivity contribution >= 4 is 26.6 Å². The summed E-state index contributed by atoms with van der Waals surface area (Å²) in [6.45, 7) is 1.07. The molecule has 2 aromatic carbocycles. The molecule has 1 saturated heterocycles. The van der Waals surface area contributed by atoms with Crippen molar-refractivity contribution in [2.24, 2.45) is 0 Å². The van der Waals surface area contributed by atoms with Gasteiger partial charge in [-0.2, -0.15) is 0 Å². The van der Waals surface area contributed by atoms with Crippen LogP contribution in [0.5, 0.6) is 5.75 Å². The predicted octanol–water partition coefficient (Wildman–Crippen LogP) is 3.27. The molecule has 27 heavy (non-hydrogen) atoms. The van der Waals surface area contributed by atoms with Crippen LogP contribution >= 0.6 is 0 Å². The molecule has 1 aromatic heterocycles. The summed E-state index contributed by atoms with van der Waals surface area (Å²) >= 11 is 0. The monoisotopic (exact) mass is 385 g/mol. The second-order valence-electron chi connectivity index (χ2n) is 6.85. The molecule has 0 spiro atoms. The number of rotatable bonds is 6. The molecule has 1 aliphatic heterocycles. The van der Waals surface area contributed by atoms with Crippen molar-refractivity contribution in [3.63, 3.8) is 0 Å². The molecule has 4 rings (SSSR count). The number of benzene rings is 2. The average molecular weight is 385 g/mol. The van der Waals surface area contributed by atoms with Crippen molar-refractivity contribution in [3.8, 4) is 5.75 Å². The Bertz CT molecular complexity index is 1040. The van der Waals surface area contributed by atoms with E-state index in [-0.39, 0.29) is 4.90 Å². The Morgan fingerprint density at radius 3 is 2.70 bits per heavy atom. The van der Waals surface area contributed by atoms with Crippen LogP contribution < -0.4 is 14.8 Å². The standard InChI is InChI=1S/C20H23N3O3S/c1-26-17-5-7-18(8-6-17)27(24,25)23-16-4-9-20-19(12-16)14(13-22-20)11-15-3-2-10-21-15/h4-9,12-13,15,21-23H,2-3,10-11H2,1H3/t15-/m0/s1. The Morgan fingerprint density at radius 1 is 1.19 bits per heavy atom. The molecule has 3 N–H and O–H groups in total. The SMILES string of the molecule is COc1ccc(S(=O)(=O)Nc2ccc3[nH]cc(C[C@@H]4CCCN4)c3c2)cc1. The van der Waals surface area contributed by atoms with Crippen LogP contribution in [0.1, 0.15) is 18.4 Å². The first-order valence-electron chi connectivity index (χ1n) is 9.05. The summed E-state index contributed by atoms with van der Waals surface area (Å²) < 4.78 is 33.1. The maximum atomic E-state index is 12.7. The van der Waals surface area contributed by atoms with Gasteiger partial charge in [-0.25, -0.2) is 8.42 Å². The quantitative estimate of drug-likeness (QED) is 0.608. The maximum absolute atomic E-state index is 12.7. The average Bonchev–Trinajstić information content (AvgIpc) is 3.32. The molecule has 0 radical (unpaired) electrons. The number of fused-ring (bicyclic) bond motifs is 1. The third-order valence-electron chi connectivity index (χ3n) is 5.02. The molecule has 1 aliphatic rings. The van der Waals surface area contributed by atoms with E-state index in [0.717, 1.165) is 23.9 Å². The van der Waals surface area contributed by atoms with E-state index in [4.69, 9.17) is 4.74 Å². The molecule has 1 fully saturated rings. The van der Waals surface area contributed by atoms with Gasteiger partial charge in [0.2, 0.25) is 0 Å². The molecular formula is C20H23N3O3S. The first kappa shape index (κ1) is 17.9. The lowest BCUT2D eigenvalue weighted by Crippen LogP contribution is -2.23. The van der Waals surface area contributed by atoms with Gasteiger partial charge in [-0.1, -0.05) is 0 Å². The van der Waals surface area contributed by atoms with Gasteiger partial charge in [0.15, 0.2) is 0 Å². The third kappa shape index (κ3) is 3.79. The number of aromatic amines is 1. The van der Waals surface area contributed by atoms with E-state index in [0.29, 0.717) is 17.5 Å². The molecule has 0 bridgehead atoms. The highest BCUT2D eigenvalue weighted by Crippen LogP contribution is 2.26. The minimum Gasteiger partial charge on any atom is -0.497 e. The van der Waals surface area contributed by atoms with Gasteiger partial charge >= 0.3 is 0 Å². The number of sulfonamides is 1. The highest BCUT2D eigenvalue weighted by atomic mass is 32.2. The van der Waals surface area contributed by atoms with E-state index in [2.05, 4.69) is 15.0 Å². The fourth-order valence-corrected chi connectivity index (χ4v) is 4.63. The summed E-state index contributed by atoms with van der Waals surface area (Å²) in [5.41, 5.74) is 2.77. The van der Waals surface area contributed by atoms with Crippen LogP contribution in [0.2, 0.25) is 0 Å². The number of hydrogen-bond acceptors (Lipinski definition) is 4. The topological polar surface area (TPSA) is 83.2 Å². The Morgan fingerprint density at radius 2 is 2.00 bits per heavy atom. The normalized spacial score (nSPS) is 17.3. The number of ether oxygens (including phenoxy) is 1. The zero-order valence-electron chi connectivity index (χ0n) is 15.2. The molecule has 7 heteroatoms. The molecule has 0 amide bonds. The molecule has 6 nitrogen and oxygen atoms in total. The van der Waals surface area contributed by atoms with Crippen LogP contribution in [0, 0.1) is 0 Å². The fourth-order valence-electron chi connectivity index (χ4n) is 3.58. The highest BCUT2D eigenvalue weighted by molar-refractivity contribution is 7.92. The number of hydrogen-bond donors (Lipinski definition) is 3. The molecule has 2 heterocycles. The number of nitrogens with one attached hydrogen (secondary N) is 3. The van der Waals surface area contributed by atoms with Crippen LogP contribution in [0.25, 0.3) is 10.9 Å². The van der Waals surface area contributed by atoms with E-state index in [1.807, 2.05) is 18.3 Å². The molecule has 3 aromatic rings. The first-order chi connectivity index (χ1) is 13.0. The van der Waals surface area contributed by atoms with Crippen molar-refractivity contribution in [2.45, 2.75) is 30.2 Å². The van der Waals surface area contributed by atoms with Crippen LogP contribution in [0.15, 0.2) is 53.6 Å². The van der Waals surface area contributed by atoms with Crippen LogP contribution in [-0.2, 0) is 16.4 Å². The first-order valence-corrected chi connectivity index (χ1v) is 10.5. The summed E-state index contributed by atoms with van der Waals surface area (Å²) in [6, 6.07) is 12.4. The smallest absolute Gasteiger partial charge is 0.261 e. The van der Waals surface area contributed by atoms with Crippen molar-refractivity contribution in [1.82, 2.24) is 10.3 Å². The zero-order valence-corrected chi connectivity index (χ0v) is 16.0. The fraction of sp³-hybridized carbons (Fsp3) is 0.300. The summed E-state index contributed by atoms with van der Waals surface area (Å²) in [5, 5.41) is 4.56. The molecule has 0 unspecified atom stereocenters. The van der Waals surface area contributed by atoms with E-state index in [1.54, 1.807) is 25.3 Å². The summed E-state index contributed by atoms with van der Waals surface area (Å²) in [4.78, 5) is 3.48. The third-order valence-corrected chi connectivity index (χ3v) is 6.42. The lowest BCUT2D eigenvalue weighted by atomic mass is 10.0. The van der Waals surface area contributed by atoms with E-state index in [9.17, 15) is 8.42 Å². The number of aromatic nitrogens is 1. The molecule has 142 valence electrons. The van der Waals surface area contributed by atoms with Crippen LogP contribution in [-0.4, -0.2) is 33.1 Å². The Balaban J connectivity index is 1.59. The van der Waals surface area contributed by atoms with Gasteiger partial charge in [0.25, 0.3) is 10.0 Å². The second-order valence-corrected chi connectivity index (χ2v) is 8.54. The lowest BCUT2D eigenvalue weighted by Gasteiger charge is -2.11. The van der Waals surface area contributed by atoms with Gasteiger partial charge in [-0.05, 0) is 73.8 Å². The summed E-state index contributed by atoms with van der Waals surface area (Å²) in [6.07, 6.45) is 5.34. The number of methoxy groups -OCH3 is 1. The Labute approximate surface area is 159 Å². The number of H-pyrrole nitrogens is 1. The van der Waals surface area contributed by atoms with Gasteiger partial charge in [-0.3, -0.25) is 4.72 Å². The van der Waals surface area contributed by atoms with Crippen molar-refractivity contribution < 1.29 is 13.2 Å².